The second-order valence-corrected chi connectivity index (χ2v) is 18.6. The number of rotatable bonds is 10. The van der Waals surface area contributed by atoms with E-state index in [0.717, 1.165) is 55.4 Å². The van der Waals surface area contributed by atoms with E-state index in [2.05, 4.69) is 30.0 Å². The van der Waals surface area contributed by atoms with Gasteiger partial charge in [-0.15, -0.1) is 27.8 Å². The maximum atomic E-state index is 14.8. The van der Waals surface area contributed by atoms with E-state index in [1.165, 1.54) is 27.2 Å². The Bertz CT molecular complexity index is 2310. The SMILES string of the molecule is COc1ccc(-c2nn([C@@H]3C[C@H]4C(=O)N[C@]5(C(=O)NS(=O)(=O)Nc6nccs6)C[C@H]5/C=C/CCCCC[C@@H](NC(=O)OC5CCCC5)C(=O)N4C3)nc2-c2nccs2)cc1. The number of amides is 4. The number of benzene rings is 1. The summed E-state index contributed by atoms with van der Waals surface area (Å²) in [4.78, 5) is 68.0. The van der Waals surface area contributed by atoms with E-state index in [0.29, 0.717) is 41.4 Å². The van der Waals surface area contributed by atoms with Crippen molar-refractivity contribution in [3.05, 3.63) is 59.6 Å². The molecule has 318 valence electrons. The first-order chi connectivity index (χ1) is 29.0. The molecule has 1 aromatic carbocycles. The van der Waals surface area contributed by atoms with E-state index in [9.17, 15) is 27.6 Å². The highest BCUT2D eigenvalue weighted by molar-refractivity contribution is 7.91. The fraction of sp³-hybridized carbons (Fsp3) is 0.487. The number of carbonyl (C=O) groups excluding carboxylic acids is 4. The summed E-state index contributed by atoms with van der Waals surface area (Å²) in [6.07, 6.45) is 12.7. The number of aromatic nitrogens is 5. The first kappa shape index (κ1) is 41.3. The Balaban J connectivity index is 1.12. The Kier molecular flexibility index (Phi) is 12.2. The normalized spacial score (nSPS) is 25.5. The molecule has 4 amide bonds. The summed E-state index contributed by atoms with van der Waals surface area (Å²) in [6.45, 7) is -0.00451. The lowest BCUT2D eigenvalue weighted by atomic mass is 10.0. The number of anilines is 1. The van der Waals surface area contributed by atoms with Gasteiger partial charge in [0, 0.05) is 47.6 Å². The minimum Gasteiger partial charge on any atom is -0.497 e. The number of methoxy groups -OCH3 is 1. The van der Waals surface area contributed by atoms with E-state index in [1.807, 2.05) is 41.8 Å². The quantitative estimate of drug-likeness (QED) is 0.161. The highest BCUT2D eigenvalue weighted by atomic mass is 32.2. The van der Waals surface area contributed by atoms with Gasteiger partial charge in [0.25, 0.3) is 5.91 Å². The van der Waals surface area contributed by atoms with Crippen LogP contribution in [0.25, 0.3) is 22.0 Å². The van der Waals surface area contributed by atoms with Crippen molar-refractivity contribution in [2.45, 2.75) is 100 Å². The molecule has 0 unspecified atom stereocenters. The monoisotopic (exact) mass is 878 g/mol. The lowest BCUT2D eigenvalue weighted by Crippen LogP contribution is -2.58. The van der Waals surface area contributed by atoms with Crippen molar-refractivity contribution < 1.29 is 37.1 Å². The number of nitrogens with one attached hydrogen (secondary N) is 4. The Hall–Kier alpha value is -5.41. The number of carbonyl (C=O) groups is 4. The van der Waals surface area contributed by atoms with Crippen LogP contribution in [-0.4, -0.2) is 99.5 Å². The molecule has 0 spiro atoms. The highest BCUT2D eigenvalue weighted by Crippen LogP contribution is 2.46. The molecule has 8 rings (SSSR count). The third-order valence-electron chi connectivity index (χ3n) is 11.4. The molecule has 5 heterocycles. The van der Waals surface area contributed by atoms with Gasteiger partial charge in [0.05, 0.1) is 13.2 Å². The molecule has 3 fully saturated rings. The van der Waals surface area contributed by atoms with Gasteiger partial charge in [-0.2, -0.15) is 18.3 Å². The molecule has 0 radical (unpaired) electrons. The molecule has 60 heavy (non-hydrogen) atoms. The van der Waals surface area contributed by atoms with Crippen molar-refractivity contribution in [1.29, 1.82) is 0 Å². The molecule has 1 saturated heterocycles. The molecule has 3 aromatic heterocycles. The number of ether oxygens (including phenoxy) is 2. The molecule has 4 N–H and O–H groups in total. The molecule has 0 bridgehead atoms. The first-order valence-corrected chi connectivity index (χ1v) is 23.3. The third-order valence-corrected chi connectivity index (χ3v) is 13.9. The number of allylic oxidation sites excluding steroid dienone is 1. The molecule has 4 aromatic rings. The Morgan fingerprint density at radius 1 is 0.950 bits per heavy atom. The van der Waals surface area contributed by atoms with Crippen molar-refractivity contribution in [3.63, 3.8) is 0 Å². The van der Waals surface area contributed by atoms with Crippen molar-refractivity contribution in [2.24, 2.45) is 5.92 Å². The zero-order valence-electron chi connectivity index (χ0n) is 32.8. The van der Waals surface area contributed by atoms with Gasteiger partial charge >= 0.3 is 16.3 Å². The van der Waals surface area contributed by atoms with Crippen LogP contribution < -0.4 is 24.8 Å². The van der Waals surface area contributed by atoms with Gasteiger partial charge < -0.3 is 25.0 Å². The first-order valence-electron chi connectivity index (χ1n) is 20.0. The summed E-state index contributed by atoms with van der Waals surface area (Å²) in [5.74, 6) is -1.92. The fourth-order valence-electron chi connectivity index (χ4n) is 8.14. The van der Waals surface area contributed by atoms with Crippen molar-refractivity contribution in [1.82, 2.24) is 45.2 Å². The average molecular weight is 879 g/mol. The standard InChI is InChI=1S/C39H46N10O8S3/c1-56-27-15-13-24(14-16-27)31-32(34-40-17-19-58-34)45-49(44-31)26-21-30-33(50)43-39(36(52)46-60(54,55)47-37-41-18-20-59-37)22-25(39)9-5-3-2-4-6-12-29(35(51)48(30)23-26)42-38(53)57-28-10-7-8-11-28/h5,9,13-20,25-26,28-30H,2-4,6-8,10-12,21-23H2,1H3,(H,41,47)(H,42,53)(H,43,50)(H,46,52)/b9-5+/t25-,26-,29-,30+,39-/m1/s1. The molecule has 4 aliphatic rings. The van der Waals surface area contributed by atoms with Crippen molar-refractivity contribution in [3.8, 4) is 27.7 Å². The molecule has 2 aliphatic heterocycles. The van der Waals surface area contributed by atoms with Gasteiger partial charge in [0.2, 0.25) is 11.8 Å². The average Bonchev–Trinajstić information content (AvgIpc) is 3.99. The number of hydrogen-bond donors (Lipinski definition) is 4. The zero-order chi connectivity index (χ0) is 41.9. The van der Waals surface area contributed by atoms with Crippen LogP contribution in [0.1, 0.15) is 76.7 Å². The number of thiazole rings is 2. The predicted molar refractivity (Wildman–Crippen MR) is 222 cm³/mol. The number of hydrogen-bond acceptors (Lipinski definition) is 14. The third kappa shape index (κ3) is 9.16. The second kappa shape index (κ2) is 17.7. The van der Waals surface area contributed by atoms with E-state index in [-0.39, 0.29) is 30.6 Å². The Labute approximate surface area is 354 Å². The molecular formula is C39H46N10O8S3. The van der Waals surface area contributed by atoms with Crippen molar-refractivity contribution >= 4 is 61.8 Å². The molecule has 2 aliphatic carbocycles. The van der Waals surface area contributed by atoms with Crippen LogP contribution in [0.15, 0.2) is 59.6 Å². The number of fused-ring (bicyclic) bond motifs is 2. The smallest absolute Gasteiger partial charge is 0.408 e. The summed E-state index contributed by atoms with van der Waals surface area (Å²) in [7, 11) is -2.84. The molecular weight excluding hydrogens is 833 g/mol. The van der Waals surface area contributed by atoms with Crippen LogP contribution in [0.3, 0.4) is 0 Å². The Morgan fingerprint density at radius 3 is 2.43 bits per heavy atom. The minimum absolute atomic E-state index is 0.00451. The topological polar surface area (TPSA) is 229 Å². The largest absolute Gasteiger partial charge is 0.497 e. The maximum absolute atomic E-state index is 14.8. The van der Waals surface area contributed by atoms with Gasteiger partial charge in [-0.1, -0.05) is 25.0 Å². The van der Waals surface area contributed by atoms with Crippen LogP contribution in [0.4, 0.5) is 9.93 Å². The van der Waals surface area contributed by atoms with Crippen LogP contribution in [0.5, 0.6) is 5.75 Å². The van der Waals surface area contributed by atoms with Crippen LogP contribution >= 0.6 is 22.7 Å². The summed E-state index contributed by atoms with van der Waals surface area (Å²) >= 11 is 2.43. The van der Waals surface area contributed by atoms with Gasteiger partial charge in [-0.3, -0.25) is 14.4 Å². The molecule has 18 nitrogen and oxygen atoms in total. The summed E-state index contributed by atoms with van der Waals surface area (Å²) in [5, 5.41) is 19.6. The van der Waals surface area contributed by atoms with Crippen LogP contribution in [-0.2, 0) is 29.3 Å². The van der Waals surface area contributed by atoms with E-state index in [4.69, 9.17) is 19.7 Å². The number of nitrogens with zero attached hydrogens (tertiary/aromatic N) is 6. The maximum Gasteiger partial charge on any atom is 0.408 e. The lowest BCUT2D eigenvalue weighted by Gasteiger charge is -2.30. The summed E-state index contributed by atoms with van der Waals surface area (Å²) in [6, 6.07) is 4.56. The van der Waals surface area contributed by atoms with Crippen molar-refractivity contribution in [2.75, 3.05) is 18.4 Å². The fourth-order valence-corrected chi connectivity index (χ4v) is 10.4. The van der Waals surface area contributed by atoms with Gasteiger partial charge in [-0.25, -0.2) is 24.2 Å². The molecule has 2 saturated carbocycles. The second-order valence-electron chi connectivity index (χ2n) is 15.4. The molecule has 21 heteroatoms. The summed E-state index contributed by atoms with van der Waals surface area (Å²) < 4.78 is 41.5. The van der Waals surface area contributed by atoms with Gasteiger partial charge in [0.1, 0.15) is 45.9 Å². The van der Waals surface area contributed by atoms with Gasteiger partial charge in [-0.05, 0) is 75.6 Å². The summed E-state index contributed by atoms with van der Waals surface area (Å²) in [5.41, 5.74) is 0.182. The van der Waals surface area contributed by atoms with Crippen LogP contribution in [0.2, 0.25) is 0 Å². The lowest BCUT2D eigenvalue weighted by molar-refractivity contribution is -0.141. The van der Waals surface area contributed by atoms with Crippen LogP contribution in [0, 0.1) is 5.92 Å². The van der Waals surface area contributed by atoms with E-state index >= 15 is 0 Å². The zero-order valence-corrected chi connectivity index (χ0v) is 35.3. The van der Waals surface area contributed by atoms with E-state index < -0.39 is 63.6 Å². The Morgan fingerprint density at radius 2 is 1.70 bits per heavy atom. The van der Waals surface area contributed by atoms with Gasteiger partial charge in [0.15, 0.2) is 5.13 Å². The number of alkyl carbamates (subject to hydrolysis) is 1. The highest BCUT2D eigenvalue weighted by Gasteiger charge is 2.61. The minimum atomic E-state index is -4.42. The van der Waals surface area contributed by atoms with E-state index in [1.54, 1.807) is 18.7 Å². The predicted octanol–water partition coefficient (Wildman–Crippen LogP) is 4.58. The molecule has 5 atom stereocenters.